The Balaban J connectivity index is 2.47. The molecular weight excluding hydrogens is 227 g/mol. The number of aromatic nitrogens is 2. The van der Waals surface area contributed by atoms with Crippen molar-refractivity contribution in [3.8, 4) is 0 Å². The van der Waals surface area contributed by atoms with Gasteiger partial charge in [0.15, 0.2) is 0 Å². The monoisotopic (exact) mass is 239 g/mol. The Morgan fingerprint density at radius 2 is 2.07 bits per heavy atom. The number of nitrogens with one attached hydrogen (secondary N) is 1. The van der Waals surface area contributed by atoms with Crippen molar-refractivity contribution >= 4 is 11.5 Å². The van der Waals surface area contributed by atoms with Crippen molar-refractivity contribution < 1.29 is 13.2 Å². The van der Waals surface area contributed by atoms with Gasteiger partial charge < -0.3 is 5.32 Å². The van der Waals surface area contributed by atoms with Gasteiger partial charge in [0.2, 0.25) is 0 Å². The summed E-state index contributed by atoms with van der Waals surface area (Å²) >= 11 is 1.14. The molecule has 1 rings (SSSR count). The fourth-order valence-corrected chi connectivity index (χ4v) is 1.86. The van der Waals surface area contributed by atoms with E-state index in [0.717, 1.165) is 22.1 Å². The first-order valence-corrected chi connectivity index (χ1v) is 5.26. The van der Waals surface area contributed by atoms with Gasteiger partial charge in [-0.1, -0.05) is 18.3 Å². The van der Waals surface area contributed by atoms with Gasteiger partial charge in [-0.05, 0) is 17.5 Å². The molecule has 0 saturated carbocycles. The van der Waals surface area contributed by atoms with Gasteiger partial charge in [-0.15, -0.1) is 5.10 Å². The van der Waals surface area contributed by atoms with Crippen LogP contribution in [0.5, 0.6) is 0 Å². The molecule has 7 heteroatoms. The Kier molecular flexibility index (Phi) is 4.04. The number of alkyl halides is 3. The van der Waals surface area contributed by atoms with Crippen molar-refractivity contribution in [2.75, 3.05) is 6.54 Å². The van der Waals surface area contributed by atoms with Crippen LogP contribution in [0.25, 0.3) is 0 Å². The largest absolute Gasteiger partial charge is 0.401 e. The SMILES string of the molecule is CC(C)c1nnsc1CNCC(F)(F)F. The molecule has 1 heterocycles. The van der Waals surface area contributed by atoms with Crippen LogP contribution in [0.1, 0.15) is 30.3 Å². The summed E-state index contributed by atoms with van der Waals surface area (Å²) in [5, 5.41) is 6.21. The molecule has 0 aliphatic heterocycles. The van der Waals surface area contributed by atoms with Crippen LogP contribution in [-0.2, 0) is 6.54 Å². The van der Waals surface area contributed by atoms with E-state index in [1.165, 1.54) is 0 Å². The molecule has 86 valence electrons. The van der Waals surface area contributed by atoms with Crippen LogP contribution in [0.15, 0.2) is 0 Å². The van der Waals surface area contributed by atoms with Gasteiger partial charge in [-0.3, -0.25) is 0 Å². The summed E-state index contributed by atoms with van der Waals surface area (Å²) in [5.74, 6) is 0.187. The first-order chi connectivity index (χ1) is 6.90. The van der Waals surface area contributed by atoms with Crippen LogP contribution in [0.2, 0.25) is 0 Å². The fraction of sp³-hybridized carbons (Fsp3) is 0.750. The third-order valence-corrected chi connectivity index (χ3v) is 2.48. The summed E-state index contributed by atoms with van der Waals surface area (Å²) in [6.07, 6.45) is -4.17. The van der Waals surface area contributed by atoms with Gasteiger partial charge in [0, 0.05) is 6.54 Å². The molecule has 0 unspecified atom stereocenters. The van der Waals surface area contributed by atoms with Gasteiger partial charge in [-0.2, -0.15) is 13.2 Å². The van der Waals surface area contributed by atoms with E-state index < -0.39 is 12.7 Å². The lowest BCUT2D eigenvalue weighted by molar-refractivity contribution is -0.125. The Morgan fingerprint density at radius 1 is 1.40 bits per heavy atom. The van der Waals surface area contributed by atoms with Crippen LogP contribution in [0.3, 0.4) is 0 Å². The summed E-state index contributed by atoms with van der Waals surface area (Å²) in [5.41, 5.74) is 0.773. The summed E-state index contributed by atoms with van der Waals surface area (Å²) in [7, 11) is 0. The van der Waals surface area contributed by atoms with Crippen molar-refractivity contribution in [1.82, 2.24) is 14.9 Å². The van der Waals surface area contributed by atoms with E-state index in [1.54, 1.807) is 0 Å². The Bertz CT molecular complexity index is 308. The van der Waals surface area contributed by atoms with Crippen LogP contribution in [-0.4, -0.2) is 22.3 Å². The van der Waals surface area contributed by atoms with Crippen LogP contribution < -0.4 is 5.32 Å². The Labute approximate surface area is 89.9 Å². The van der Waals surface area contributed by atoms with Gasteiger partial charge in [0.05, 0.1) is 17.1 Å². The Hall–Kier alpha value is -0.690. The third-order valence-electron chi connectivity index (χ3n) is 1.74. The zero-order valence-electron chi connectivity index (χ0n) is 8.43. The molecule has 3 nitrogen and oxygen atoms in total. The van der Waals surface area contributed by atoms with Crippen LogP contribution in [0, 0.1) is 0 Å². The number of hydrogen-bond acceptors (Lipinski definition) is 4. The van der Waals surface area contributed by atoms with Crippen molar-refractivity contribution in [3.05, 3.63) is 10.6 Å². The second-order valence-corrected chi connectivity index (χ2v) is 4.29. The molecule has 0 aromatic carbocycles. The van der Waals surface area contributed by atoms with E-state index in [9.17, 15) is 13.2 Å². The zero-order chi connectivity index (χ0) is 11.5. The van der Waals surface area contributed by atoms with Gasteiger partial charge >= 0.3 is 6.18 Å². The molecule has 0 amide bonds. The molecule has 0 radical (unpaired) electrons. The maximum atomic E-state index is 11.9. The highest BCUT2D eigenvalue weighted by Gasteiger charge is 2.26. The second kappa shape index (κ2) is 4.89. The van der Waals surface area contributed by atoms with E-state index in [1.807, 2.05) is 13.8 Å². The number of hydrogen-bond donors (Lipinski definition) is 1. The second-order valence-electron chi connectivity index (χ2n) is 3.45. The topological polar surface area (TPSA) is 37.8 Å². The molecule has 0 saturated heterocycles. The first kappa shape index (κ1) is 12.4. The molecule has 0 spiro atoms. The molecule has 0 aliphatic rings. The highest BCUT2D eigenvalue weighted by molar-refractivity contribution is 7.05. The summed E-state index contributed by atoms with van der Waals surface area (Å²) in [6, 6.07) is 0. The summed E-state index contributed by atoms with van der Waals surface area (Å²) in [4.78, 5) is 0.772. The molecule has 0 bridgehead atoms. The zero-order valence-corrected chi connectivity index (χ0v) is 9.24. The number of nitrogens with zero attached hydrogens (tertiary/aromatic N) is 2. The lowest BCUT2D eigenvalue weighted by atomic mass is 10.1. The first-order valence-electron chi connectivity index (χ1n) is 4.48. The molecule has 0 fully saturated rings. The fourth-order valence-electron chi connectivity index (χ4n) is 1.09. The minimum atomic E-state index is -4.17. The average molecular weight is 239 g/mol. The standard InChI is InChI=1S/C8H12F3N3S/c1-5(2)7-6(15-14-13-7)3-12-4-8(9,10)11/h5,12H,3-4H2,1-2H3. The quantitative estimate of drug-likeness (QED) is 0.876. The van der Waals surface area contributed by atoms with Crippen LogP contribution >= 0.6 is 11.5 Å². The lowest BCUT2D eigenvalue weighted by Crippen LogP contribution is -2.28. The molecule has 15 heavy (non-hydrogen) atoms. The van der Waals surface area contributed by atoms with Gasteiger partial charge in [-0.25, -0.2) is 0 Å². The van der Waals surface area contributed by atoms with Crippen molar-refractivity contribution in [2.45, 2.75) is 32.5 Å². The van der Waals surface area contributed by atoms with E-state index in [2.05, 4.69) is 14.9 Å². The maximum Gasteiger partial charge on any atom is 0.401 e. The molecule has 1 aromatic rings. The molecule has 0 aliphatic carbocycles. The van der Waals surface area contributed by atoms with Crippen LogP contribution in [0.4, 0.5) is 13.2 Å². The van der Waals surface area contributed by atoms with E-state index >= 15 is 0 Å². The molecule has 0 atom stereocenters. The van der Waals surface area contributed by atoms with Crippen molar-refractivity contribution in [3.63, 3.8) is 0 Å². The maximum absolute atomic E-state index is 11.9. The van der Waals surface area contributed by atoms with E-state index in [4.69, 9.17) is 0 Å². The molecule has 1 aromatic heterocycles. The van der Waals surface area contributed by atoms with Gasteiger partial charge in [0.1, 0.15) is 0 Å². The van der Waals surface area contributed by atoms with Crippen molar-refractivity contribution in [1.29, 1.82) is 0 Å². The lowest BCUT2D eigenvalue weighted by Gasteiger charge is -2.08. The minimum Gasteiger partial charge on any atom is -0.304 e. The summed E-state index contributed by atoms with van der Waals surface area (Å²) < 4.78 is 39.3. The minimum absolute atomic E-state index is 0.171. The highest BCUT2D eigenvalue weighted by Crippen LogP contribution is 2.20. The highest BCUT2D eigenvalue weighted by atomic mass is 32.1. The molecule has 1 N–H and O–H groups in total. The summed E-state index contributed by atoms with van der Waals surface area (Å²) in [6.45, 7) is 3.06. The normalized spacial score (nSPS) is 12.4. The predicted octanol–water partition coefficient (Wildman–Crippen LogP) is 2.31. The smallest absolute Gasteiger partial charge is 0.304 e. The van der Waals surface area contributed by atoms with Gasteiger partial charge in [0.25, 0.3) is 0 Å². The van der Waals surface area contributed by atoms with E-state index in [0.29, 0.717) is 0 Å². The molecular formula is C8H12F3N3S. The Morgan fingerprint density at radius 3 is 2.60 bits per heavy atom. The predicted molar refractivity (Wildman–Crippen MR) is 51.8 cm³/mol. The van der Waals surface area contributed by atoms with Crippen molar-refractivity contribution in [2.24, 2.45) is 0 Å². The number of rotatable bonds is 4. The number of halogens is 3. The average Bonchev–Trinajstić information content (AvgIpc) is 2.49. The third kappa shape index (κ3) is 4.13. The van der Waals surface area contributed by atoms with E-state index in [-0.39, 0.29) is 12.5 Å².